The van der Waals surface area contributed by atoms with Crippen LogP contribution in [0, 0.1) is 0 Å². The van der Waals surface area contributed by atoms with Gasteiger partial charge < -0.3 is 14.8 Å². The second-order valence-corrected chi connectivity index (χ2v) is 1.86. The van der Waals surface area contributed by atoms with Crippen LogP contribution in [0.3, 0.4) is 0 Å². The summed E-state index contributed by atoms with van der Waals surface area (Å²) in [5.74, 6) is -0.331. The molecule has 0 aromatic carbocycles. The standard InChI is InChI=1S/C5H5NO3/c7-4-1-3-5(9-4)8-2-6-3/h1,5-6H,2H2. The van der Waals surface area contributed by atoms with Crippen LogP contribution in [-0.4, -0.2) is 19.0 Å². The Morgan fingerprint density at radius 3 is 3.44 bits per heavy atom. The molecule has 1 unspecified atom stereocenters. The summed E-state index contributed by atoms with van der Waals surface area (Å²) in [7, 11) is 0. The van der Waals surface area contributed by atoms with Gasteiger partial charge in [-0.1, -0.05) is 0 Å². The van der Waals surface area contributed by atoms with Gasteiger partial charge in [0.2, 0.25) is 6.29 Å². The molecule has 0 saturated carbocycles. The minimum atomic E-state index is -0.447. The minimum absolute atomic E-state index is 0.331. The Hall–Kier alpha value is -1.03. The summed E-state index contributed by atoms with van der Waals surface area (Å²) in [4.78, 5) is 10.4. The van der Waals surface area contributed by atoms with E-state index in [1.807, 2.05) is 0 Å². The average molecular weight is 127 g/mol. The number of carbonyl (C=O) groups is 1. The number of rotatable bonds is 0. The highest BCUT2D eigenvalue weighted by molar-refractivity contribution is 5.85. The summed E-state index contributed by atoms with van der Waals surface area (Å²) in [5.41, 5.74) is 0.736. The predicted octanol–water partition coefficient (Wildman–Crippen LogP) is -0.670. The lowest BCUT2D eigenvalue weighted by Crippen LogP contribution is -2.09. The third-order valence-corrected chi connectivity index (χ3v) is 1.26. The number of hydrogen-bond donors (Lipinski definition) is 1. The second-order valence-electron chi connectivity index (χ2n) is 1.86. The fourth-order valence-electron chi connectivity index (χ4n) is 0.857. The Kier molecular flexibility index (Phi) is 0.790. The molecule has 1 saturated heterocycles. The zero-order valence-corrected chi connectivity index (χ0v) is 4.59. The highest BCUT2D eigenvalue weighted by atomic mass is 16.7. The third kappa shape index (κ3) is 0.598. The first-order chi connectivity index (χ1) is 4.36. The van der Waals surface area contributed by atoms with E-state index in [1.165, 1.54) is 6.08 Å². The van der Waals surface area contributed by atoms with Crippen LogP contribution >= 0.6 is 0 Å². The maximum atomic E-state index is 10.4. The first-order valence-electron chi connectivity index (χ1n) is 2.64. The molecule has 48 valence electrons. The number of nitrogens with one attached hydrogen (secondary N) is 1. The zero-order valence-electron chi connectivity index (χ0n) is 4.59. The van der Waals surface area contributed by atoms with Crippen molar-refractivity contribution in [2.75, 3.05) is 6.73 Å². The van der Waals surface area contributed by atoms with Crippen molar-refractivity contribution in [2.24, 2.45) is 0 Å². The normalized spacial score (nSPS) is 30.9. The molecule has 4 heteroatoms. The van der Waals surface area contributed by atoms with Gasteiger partial charge in [0.1, 0.15) is 6.73 Å². The molecule has 0 aromatic rings. The third-order valence-electron chi connectivity index (χ3n) is 1.26. The van der Waals surface area contributed by atoms with E-state index in [-0.39, 0.29) is 5.97 Å². The van der Waals surface area contributed by atoms with Crippen LogP contribution in [0.5, 0.6) is 0 Å². The monoisotopic (exact) mass is 127 g/mol. The molecule has 0 radical (unpaired) electrons. The van der Waals surface area contributed by atoms with Crippen molar-refractivity contribution in [3.05, 3.63) is 11.8 Å². The van der Waals surface area contributed by atoms with Crippen molar-refractivity contribution in [2.45, 2.75) is 6.29 Å². The maximum Gasteiger partial charge on any atom is 0.335 e. The van der Waals surface area contributed by atoms with Crippen molar-refractivity contribution in [1.82, 2.24) is 5.32 Å². The van der Waals surface area contributed by atoms with Crippen LogP contribution in [0.2, 0.25) is 0 Å². The first-order valence-corrected chi connectivity index (χ1v) is 2.64. The van der Waals surface area contributed by atoms with Gasteiger partial charge in [-0.25, -0.2) is 4.79 Å². The Balaban J connectivity index is 2.27. The smallest absolute Gasteiger partial charge is 0.335 e. The molecule has 9 heavy (non-hydrogen) atoms. The SMILES string of the molecule is O=C1C=C2NCOC2O1. The van der Waals surface area contributed by atoms with Gasteiger partial charge >= 0.3 is 5.97 Å². The molecule has 1 N–H and O–H groups in total. The number of carbonyl (C=O) groups excluding carboxylic acids is 1. The highest BCUT2D eigenvalue weighted by Gasteiger charge is 2.30. The van der Waals surface area contributed by atoms with Crippen molar-refractivity contribution in [3.8, 4) is 0 Å². The van der Waals surface area contributed by atoms with Crippen LogP contribution in [0.15, 0.2) is 11.8 Å². The molecule has 2 aliphatic rings. The summed E-state index contributed by atoms with van der Waals surface area (Å²) >= 11 is 0. The number of ether oxygens (including phenoxy) is 2. The van der Waals surface area contributed by atoms with Crippen LogP contribution in [0.1, 0.15) is 0 Å². The highest BCUT2D eigenvalue weighted by Crippen LogP contribution is 2.17. The maximum absolute atomic E-state index is 10.4. The van der Waals surface area contributed by atoms with Gasteiger partial charge in [0.05, 0.1) is 5.70 Å². The molecule has 0 bridgehead atoms. The number of fused-ring (bicyclic) bond motifs is 1. The number of hydrogen-bond acceptors (Lipinski definition) is 4. The second kappa shape index (κ2) is 1.48. The van der Waals surface area contributed by atoms with Crippen LogP contribution in [0.4, 0.5) is 0 Å². The molecular weight excluding hydrogens is 122 g/mol. The lowest BCUT2D eigenvalue weighted by molar-refractivity contribution is -0.154. The van der Waals surface area contributed by atoms with Crippen molar-refractivity contribution < 1.29 is 14.3 Å². The predicted molar refractivity (Wildman–Crippen MR) is 27.1 cm³/mol. The average Bonchev–Trinajstić information content (AvgIpc) is 2.22. The van der Waals surface area contributed by atoms with E-state index in [9.17, 15) is 4.79 Å². The molecular formula is C5H5NO3. The van der Waals surface area contributed by atoms with Crippen molar-refractivity contribution >= 4 is 5.97 Å². The fourth-order valence-corrected chi connectivity index (χ4v) is 0.857. The van der Waals surface area contributed by atoms with E-state index < -0.39 is 6.29 Å². The van der Waals surface area contributed by atoms with Crippen molar-refractivity contribution in [3.63, 3.8) is 0 Å². The van der Waals surface area contributed by atoms with Gasteiger partial charge in [0.15, 0.2) is 0 Å². The van der Waals surface area contributed by atoms with Gasteiger partial charge in [-0.15, -0.1) is 0 Å². The Labute approximate surface area is 51.4 Å². The van der Waals surface area contributed by atoms with E-state index in [1.54, 1.807) is 0 Å². The van der Waals surface area contributed by atoms with Crippen LogP contribution < -0.4 is 5.32 Å². The first kappa shape index (κ1) is 4.81. The molecule has 2 aliphatic heterocycles. The summed E-state index contributed by atoms with van der Waals surface area (Å²) in [6.45, 7) is 0.434. The van der Waals surface area contributed by atoms with Gasteiger partial charge in [-0.05, 0) is 0 Å². The quantitative estimate of drug-likeness (QED) is 0.438. The van der Waals surface area contributed by atoms with Gasteiger partial charge in [0, 0.05) is 6.08 Å². The van der Waals surface area contributed by atoms with Gasteiger partial charge in [-0.2, -0.15) is 0 Å². The topological polar surface area (TPSA) is 47.6 Å². The molecule has 0 aromatic heterocycles. The van der Waals surface area contributed by atoms with Crippen LogP contribution in [-0.2, 0) is 14.3 Å². The van der Waals surface area contributed by atoms with E-state index in [0.29, 0.717) is 6.73 Å². The van der Waals surface area contributed by atoms with E-state index >= 15 is 0 Å². The molecule has 1 atom stereocenters. The summed E-state index contributed by atoms with van der Waals surface area (Å²) in [6.07, 6.45) is 0.954. The molecule has 0 amide bonds. The van der Waals surface area contributed by atoms with E-state index in [2.05, 4.69) is 10.1 Å². The Morgan fingerprint density at radius 2 is 2.67 bits per heavy atom. The van der Waals surface area contributed by atoms with E-state index in [4.69, 9.17) is 4.74 Å². The summed E-state index contributed by atoms with van der Waals surface area (Å²) in [5, 5.41) is 2.84. The zero-order chi connectivity index (χ0) is 6.27. The van der Waals surface area contributed by atoms with Crippen LogP contribution in [0.25, 0.3) is 0 Å². The molecule has 0 spiro atoms. The lowest BCUT2D eigenvalue weighted by Gasteiger charge is -2.00. The largest absolute Gasteiger partial charge is 0.426 e. The Morgan fingerprint density at radius 1 is 1.78 bits per heavy atom. The van der Waals surface area contributed by atoms with Gasteiger partial charge in [0.25, 0.3) is 0 Å². The molecule has 1 fully saturated rings. The van der Waals surface area contributed by atoms with E-state index in [0.717, 1.165) is 5.70 Å². The van der Waals surface area contributed by atoms with Gasteiger partial charge in [-0.3, -0.25) is 0 Å². The summed E-state index contributed by atoms with van der Waals surface area (Å²) in [6, 6.07) is 0. The fraction of sp³-hybridized carbons (Fsp3) is 0.400. The molecule has 2 rings (SSSR count). The lowest BCUT2D eigenvalue weighted by atomic mass is 10.4. The van der Waals surface area contributed by atoms with Crippen molar-refractivity contribution in [1.29, 1.82) is 0 Å². The molecule has 4 nitrogen and oxygen atoms in total. The summed E-state index contributed by atoms with van der Waals surface area (Å²) < 4.78 is 9.59. The Bertz CT molecular complexity index is 187. The minimum Gasteiger partial charge on any atom is -0.426 e. The molecule has 0 aliphatic carbocycles. The number of esters is 1. The molecule has 2 heterocycles.